The van der Waals surface area contributed by atoms with Crippen LogP contribution < -0.4 is 11.1 Å². The first-order valence-electron chi connectivity index (χ1n) is 9.29. The molecule has 0 amide bonds. The molecule has 1 aliphatic heterocycles. The minimum Gasteiger partial charge on any atom is -0.374 e. The number of ether oxygens (including phenoxy) is 1. The van der Waals surface area contributed by atoms with Crippen LogP contribution in [0.4, 0.5) is 0 Å². The van der Waals surface area contributed by atoms with E-state index in [1.54, 1.807) is 5.51 Å². The number of hydrogen-bond donors (Lipinski definition) is 2. The number of carbonyl (C=O) groups is 1. The van der Waals surface area contributed by atoms with Gasteiger partial charge in [-0.3, -0.25) is 4.79 Å². The van der Waals surface area contributed by atoms with E-state index in [0.717, 1.165) is 17.8 Å². The van der Waals surface area contributed by atoms with E-state index in [1.807, 2.05) is 19.2 Å². The van der Waals surface area contributed by atoms with Gasteiger partial charge in [-0.05, 0) is 11.8 Å². The molecule has 0 aromatic carbocycles. The largest absolute Gasteiger partial charge is 0.374 e. The summed E-state index contributed by atoms with van der Waals surface area (Å²) in [6.07, 6.45) is 1.24. The van der Waals surface area contributed by atoms with Crippen molar-refractivity contribution in [3.05, 3.63) is 39.1 Å². The van der Waals surface area contributed by atoms with Crippen LogP contribution in [0.15, 0.2) is 33.4 Å². The number of rotatable bonds is 5. The van der Waals surface area contributed by atoms with Crippen molar-refractivity contribution in [2.24, 2.45) is 11.1 Å². The highest BCUT2D eigenvalue weighted by molar-refractivity contribution is 7.07. The number of nitrogens with zero attached hydrogens (tertiary/aromatic N) is 2. The van der Waals surface area contributed by atoms with Gasteiger partial charge in [0.1, 0.15) is 0 Å². The van der Waals surface area contributed by atoms with Gasteiger partial charge in [0.25, 0.3) is 0 Å². The fourth-order valence-electron chi connectivity index (χ4n) is 3.51. The summed E-state index contributed by atoms with van der Waals surface area (Å²) in [5, 5.41) is 15.0. The van der Waals surface area contributed by atoms with Crippen molar-refractivity contribution in [3.8, 4) is 6.07 Å². The molecular weight excluding hydrogens is 360 g/mol. The van der Waals surface area contributed by atoms with Crippen LogP contribution in [0.2, 0.25) is 0 Å². The first-order chi connectivity index (χ1) is 13.0. The maximum absolute atomic E-state index is 12.9. The molecular formula is C20H28N4O2S. The zero-order chi connectivity index (χ0) is 20.0. The van der Waals surface area contributed by atoms with E-state index in [2.05, 4.69) is 30.2 Å². The monoisotopic (exact) mass is 388 g/mol. The lowest BCUT2D eigenvalue weighted by Gasteiger charge is -2.38. The average Bonchev–Trinajstić information content (AvgIpc) is 3.15. The Hall–Kier alpha value is -2.01. The fourth-order valence-corrected chi connectivity index (χ4v) is 4.09. The Morgan fingerprint density at radius 2 is 2.19 bits per heavy atom. The summed E-state index contributed by atoms with van der Waals surface area (Å²) in [6.45, 7) is 9.28. The second-order valence-electron chi connectivity index (χ2n) is 7.15. The molecule has 2 heterocycles. The van der Waals surface area contributed by atoms with Crippen LogP contribution in [0.3, 0.4) is 0 Å². The van der Waals surface area contributed by atoms with Gasteiger partial charge in [0.15, 0.2) is 5.78 Å². The van der Waals surface area contributed by atoms with E-state index in [4.69, 9.17) is 10.5 Å². The number of ketones is 1. The quantitative estimate of drug-likeness (QED) is 0.751. The molecule has 7 heteroatoms. The van der Waals surface area contributed by atoms with Crippen molar-refractivity contribution in [2.75, 3.05) is 19.8 Å². The molecule has 1 aromatic heterocycles. The second-order valence-corrected chi connectivity index (χ2v) is 7.87. The molecule has 27 heavy (non-hydrogen) atoms. The summed E-state index contributed by atoms with van der Waals surface area (Å²) in [6, 6.07) is 2.28. The number of thiazole rings is 1. The van der Waals surface area contributed by atoms with Gasteiger partial charge in [0.2, 0.25) is 0 Å². The molecule has 3 rings (SSSR count). The highest BCUT2D eigenvalue weighted by Crippen LogP contribution is 2.46. The summed E-state index contributed by atoms with van der Waals surface area (Å²) in [5.41, 5.74) is 10.7. The van der Waals surface area contributed by atoms with E-state index in [1.165, 1.54) is 11.3 Å². The first kappa shape index (κ1) is 21.3. The van der Waals surface area contributed by atoms with Gasteiger partial charge in [0.05, 0.1) is 47.7 Å². The molecule has 0 radical (unpaired) electrons. The number of hydrogen-bond acceptors (Lipinski definition) is 7. The molecule has 6 nitrogen and oxygen atoms in total. The van der Waals surface area contributed by atoms with E-state index < -0.39 is 5.92 Å². The van der Waals surface area contributed by atoms with E-state index in [0.29, 0.717) is 36.4 Å². The Morgan fingerprint density at radius 1 is 1.44 bits per heavy atom. The summed E-state index contributed by atoms with van der Waals surface area (Å²) in [4.78, 5) is 17.3. The standard InChI is InChI=1S/C18H22N4O2S.C2H6/c1-18(2)5-12-17(15(23)6-18)16(14-9-25-10-21-14)11(7-20)13(22-12)8-24-4-3-19;1-2/h9-10,16,22H,3-6,8,19H2,1-2H3;1-2H3. The van der Waals surface area contributed by atoms with Gasteiger partial charge in [-0.2, -0.15) is 5.26 Å². The van der Waals surface area contributed by atoms with E-state index >= 15 is 0 Å². The molecule has 2 aliphatic rings. The van der Waals surface area contributed by atoms with Crippen molar-refractivity contribution in [1.29, 1.82) is 5.26 Å². The van der Waals surface area contributed by atoms with Crippen LogP contribution >= 0.6 is 11.3 Å². The maximum Gasteiger partial charge on any atom is 0.162 e. The summed E-state index contributed by atoms with van der Waals surface area (Å²) >= 11 is 1.46. The van der Waals surface area contributed by atoms with E-state index in [-0.39, 0.29) is 17.8 Å². The van der Waals surface area contributed by atoms with Crippen molar-refractivity contribution >= 4 is 17.1 Å². The average molecular weight is 389 g/mol. The van der Waals surface area contributed by atoms with Crippen molar-refractivity contribution in [1.82, 2.24) is 10.3 Å². The van der Waals surface area contributed by atoms with Gasteiger partial charge < -0.3 is 15.8 Å². The molecule has 146 valence electrons. The number of nitriles is 1. The number of aromatic nitrogens is 1. The van der Waals surface area contributed by atoms with Crippen LogP contribution in [0, 0.1) is 16.7 Å². The van der Waals surface area contributed by atoms with Gasteiger partial charge in [-0.1, -0.05) is 27.7 Å². The second kappa shape index (κ2) is 9.27. The van der Waals surface area contributed by atoms with Gasteiger partial charge in [-0.15, -0.1) is 11.3 Å². The molecule has 0 saturated heterocycles. The third-order valence-corrected chi connectivity index (χ3v) is 5.11. The van der Waals surface area contributed by atoms with Crippen LogP contribution in [-0.2, 0) is 9.53 Å². The third kappa shape index (κ3) is 4.64. The highest BCUT2D eigenvalue weighted by atomic mass is 32.1. The molecule has 0 bridgehead atoms. The van der Waals surface area contributed by atoms with Gasteiger partial charge in [-0.25, -0.2) is 4.98 Å². The lowest BCUT2D eigenvalue weighted by molar-refractivity contribution is -0.118. The van der Waals surface area contributed by atoms with Crippen LogP contribution in [0.5, 0.6) is 0 Å². The summed E-state index contributed by atoms with van der Waals surface area (Å²) in [5.74, 6) is -0.320. The zero-order valence-corrected chi connectivity index (χ0v) is 17.3. The Balaban J connectivity index is 0.00000126. The minimum absolute atomic E-state index is 0.0893. The summed E-state index contributed by atoms with van der Waals surface area (Å²) < 4.78 is 5.56. The molecule has 0 saturated carbocycles. The number of Topliss-reactive ketones (excluding diaryl/α,β-unsaturated/α-hetero) is 1. The molecule has 1 aromatic rings. The van der Waals surface area contributed by atoms with Gasteiger partial charge in [0, 0.05) is 29.6 Å². The SMILES string of the molecule is CC.CC1(C)CC(=O)C2=C(C1)NC(COCCN)=C(C#N)C2c1cscn1. The first-order valence-corrected chi connectivity index (χ1v) is 10.2. The molecule has 0 spiro atoms. The highest BCUT2D eigenvalue weighted by Gasteiger charge is 2.42. The third-order valence-electron chi connectivity index (χ3n) is 4.50. The number of nitrogens with one attached hydrogen (secondary N) is 1. The Bertz CT molecular complexity index is 772. The van der Waals surface area contributed by atoms with Gasteiger partial charge >= 0.3 is 0 Å². The predicted octanol–water partition coefficient (Wildman–Crippen LogP) is 3.25. The van der Waals surface area contributed by atoms with Crippen LogP contribution in [0.1, 0.15) is 52.1 Å². The predicted molar refractivity (Wildman–Crippen MR) is 107 cm³/mol. The van der Waals surface area contributed by atoms with Crippen molar-refractivity contribution < 1.29 is 9.53 Å². The molecule has 1 unspecified atom stereocenters. The van der Waals surface area contributed by atoms with Crippen LogP contribution in [-0.4, -0.2) is 30.5 Å². The number of nitrogens with two attached hydrogens (primary N) is 1. The topological polar surface area (TPSA) is 101 Å². The molecule has 0 fully saturated rings. The maximum atomic E-state index is 12.9. The number of carbonyl (C=O) groups excluding carboxylic acids is 1. The zero-order valence-electron chi connectivity index (χ0n) is 16.5. The number of allylic oxidation sites excluding steroid dienone is 3. The Kier molecular flexibility index (Phi) is 7.31. The Labute approximate surface area is 165 Å². The van der Waals surface area contributed by atoms with Crippen molar-refractivity contribution in [3.63, 3.8) is 0 Å². The molecule has 3 N–H and O–H groups in total. The smallest absolute Gasteiger partial charge is 0.162 e. The minimum atomic E-state index is -0.410. The van der Waals surface area contributed by atoms with Crippen LogP contribution in [0.25, 0.3) is 0 Å². The molecule has 1 aliphatic carbocycles. The van der Waals surface area contributed by atoms with E-state index in [9.17, 15) is 10.1 Å². The lowest BCUT2D eigenvalue weighted by Crippen LogP contribution is -2.38. The number of dihydropyridines is 1. The summed E-state index contributed by atoms with van der Waals surface area (Å²) in [7, 11) is 0. The Morgan fingerprint density at radius 3 is 2.78 bits per heavy atom. The lowest BCUT2D eigenvalue weighted by atomic mass is 9.69. The normalized spacial score (nSPS) is 21.0. The van der Waals surface area contributed by atoms with Crippen molar-refractivity contribution in [2.45, 2.75) is 46.5 Å². The fraction of sp³-hybridized carbons (Fsp3) is 0.550. The molecule has 1 atom stereocenters.